The van der Waals surface area contributed by atoms with Gasteiger partial charge in [-0.3, -0.25) is 9.69 Å². The number of hydrogen-bond acceptors (Lipinski definition) is 4. The molecule has 4 aromatic rings. The summed E-state index contributed by atoms with van der Waals surface area (Å²) in [7, 11) is 0. The Kier molecular flexibility index (Phi) is 7.23. The summed E-state index contributed by atoms with van der Waals surface area (Å²) in [5.41, 5.74) is 2.88. The molecule has 1 aliphatic heterocycles. The fraction of sp³-hybridized carbons (Fsp3) is 0.179. The Morgan fingerprint density at radius 3 is 2.60 bits per heavy atom. The van der Waals surface area contributed by atoms with Gasteiger partial charge in [-0.1, -0.05) is 54.1 Å². The smallest absolute Gasteiger partial charge is 0.238 e. The number of carbonyl (C=O) groups excluding carboxylic acids is 1. The maximum atomic E-state index is 12.8. The van der Waals surface area contributed by atoms with E-state index in [0.29, 0.717) is 35.5 Å². The van der Waals surface area contributed by atoms with Gasteiger partial charge in [0.15, 0.2) is 11.5 Å². The Labute approximate surface area is 222 Å². The summed E-state index contributed by atoms with van der Waals surface area (Å²) < 4.78 is 13.1. The van der Waals surface area contributed by atoms with E-state index in [1.807, 2.05) is 54.3 Å². The van der Waals surface area contributed by atoms with Crippen LogP contribution in [0.5, 0.6) is 11.5 Å². The van der Waals surface area contributed by atoms with E-state index in [-0.39, 0.29) is 11.3 Å². The largest absolute Gasteiger partial charge is 0.490 e. The molecule has 0 aromatic heterocycles. The molecular weight excluding hydrogens is 546 g/mol. The van der Waals surface area contributed by atoms with Crippen LogP contribution in [0.1, 0.15) is 23.4 Å². The first-order valence-electron chi connectivity index (χ1n) is 11.3. The van der Waals surface area contributed by atoms with Crippen LogP contribution in [0.3, 0.4) is 0 Å². The zero-order valence-electron chi connectivity index (χ0n) is 19.0. The summed E-state index contributed by atoms with van der Waals surface area (Å²) >= 11 is 11.4. The summed E-state index contributed by atoms with van der Waals surface area (Å²) in [6, 6.07) is 25.8. The van der Waals surface area contributed by atoms with Gasteiger partial charge < -0.3 is 9.47 Å². The second-order valence-electron chi connectivity index (χ2n) is 8.09. The Morgan fingerprint density at radius 2 is 1.80 bits per heavy atom. The van der Waals surface area contributed by atoms with Crippen LogP contribution in [0, 0.1) is 0 Å². The molecule has 0 saturated carbocycles. The number of anilines is 1. The van der Waals surface area contributed by atoms with Crippen LogP contribution in [0.4, 0.5) is 5.69 Å². The molecular formula is C28H23BrClNO3S. The van der Waals surface area contributed by atoms with Crippen molar-refractivity contribution in [2.24, 2.45) is 0 Å². The van der Waals surface area contributed by atoms with E-state index in [0.717, 1.165) is 21.3 Å². The quantitative estimate of drug-likeness (QED) is 0.226. The minimum atomic E-state index is -0.175. The zero-order chi connectivity index (χ0) is 24.4. The van der Waals surface area contributed by atoms with Crippen molar-refractivity contribution in [1.29, 1.82) is 0 Å². The molecule has 0 bridgehead atoms. The fourth-order valence-electron chi connectivity index (χ4n) is 4.25. The average molecular weight is 569 g/mol. The molecule has 5 rings (SSSR count). The number of nitrogens with zero attached hydrogens (tertiary/aromatic N) is 1. The molecule has 1 aliphatic rings. The summed E-state index contributed by atoms with van der Waals surface area (Å²) in [5, 5.41) is 2.81. The van der Waals surface area contributed by atoms with Crippen molar-refractivity contribution < 1.29 is 14.3 Å². The van der Waals surface area contributed by atoms with Crippen molar-refractivity contribution in [1.82, 2.24) is 0 Å². The van der Waals surface area contributed by atoms with E-state index >= 15 is 0 Å². The lowest BCUT2D eigenvalue weighted by Crippen LogP contribution is -2.27. The number of benzene rings is 4. The van der Waals surface area contributed by atoms with E-state index in [2.05, 4.69) is 40.2 Å². The molecule has 0 aliphatic carbocycles. The molecule has 0 spiro atoms. The van der Waals surface area contributed by atoms with Gasteiger partial charge in [0.2, 0.25) is 5.91 Å². The molecule has 1 heterocycles. The lowest BCUT2D eigenvalue weighted by Gasteiger charge is -2.25. The number of amides is 1. The molecule has 178 valence electrons. The van der Waals surface area contributed by atoms with Gasteiger partial charge in [-0.05, 0) is 81.2 Å². The van der Waals surface area contributed by atoms with Gasteiger partial charge in [-0.15, -0.1) is 11.8 Å². The molecule has 7 heteroatoms. The number of fused-ring (bicyclic) bond motifs is 1. The predicted octanol–water partition coefficient (Wildman–Crippen LogP) is 8.01. The topological polar surface area (TPSA) is 38.8 Å². The van der Waals surface area contributed by atoms with Gasteiger partial charge in [-0.25, -0.2) is 0 Å². The van der Waals surface area contributed by atoms with Gasteiger partial charge in [0.05, 0.1) is 16.8 Å². The highest BCUT2D eigenvalue weighted by Crippen LogP contribution is 2.46. The summed E-state index contributed by atoms with van der Waals surface area (Å²) in [4.78, 5) is 14.6. The number of halogens is 2. The van der Waals surface area contributed by atoms with Gasteiger partial charge in [0, 0.05) is 10.7 Å². The number of rotatable bonds is 7. The number of carbonyl (C=O) groups is 1. The van der Waals surface area contributed by atoms with Crippen molar-refractivity contribution in [3.8, 4) is 11.5 Å². The summed E-state index contributed by atoms with van der Waals surface area (Å²) in [5.74, 6) is 1.77. The second-order valence-corrected chi connectivity index (χ2v) is 10.5. The molecule has 1 fully saturated rings. The molecule has 0 N–H and O–H groups in total. The molecule has 4 nitrogen and oxygen atoms in total. The van der Waals surface area contributed by atoms with Crippen LogP contribution in [0.15, 0.2) is 83.3 Å². The van der Waals surface area contributed by atoms with Gasteiger partial charge in [-0.2, -0.15) is 0 Å². The highest BCUT2D eigenvalue weighted by Gasteiger charge is 2.35. The first kappa shape index (κ1) is 24.0. The van der Waals surface area contributed by atoms with Gasteiger partial charge in [0.25, 0.3) is 0 Å². The molecule has 1 atom stereocenters. The van der Waals surface area contributed by atoms with E-state index in [9.17, 15) is 4.79 Å². The van der Waals surface area contributed by atoms with Crippen LogP contribution in [0.25, 0.3) is 10.8 Å². The van der Waals surface area contributed by atoms with E-state index in [1.165, 1.54) is 10.8 Å². The number of thioether (sulfide) groups is 1. The first-order chi connectivity index (χ1) is 17.0. The number of hydrogen-bond donors (Lipinski definition) is 0. The van der Waals surface area contributed by atoms with Crippen molar-refractivity contribution in [3.05, 3.63) is 99.5 Å². The highest BCUT2D eigenvalue weighted by molar-refractivity contribution is 9.10. The van der Waals surface area contributed by atoms with Crippen molar-refractivity contribution >= 4 is 61.7 Å². The second kappa shape index (κ2) is 10.5. The Hall–Kier alpha value is -2.67. The lowest BCUT2D eigenvalue weighted by atomic mass is 10.1. The fourth-order valence-corrected chi connectivity index (χ4v) is 6.11. The predicted molar refractivity (Wildman–Crippen MR) is 148 cm³/mol. The van der Waals surface area contributed by atoms with Gasteiger partial charge in [0.1, 0.15) is 12.0 Å². The minimum absolute atomic E-state index is 0.0627. The van der Waals surface area contributed by atoms with Crippen LogP contribution in [-0.2, 0) is 11.4 Å². The lowest BCUT2D eigenvalue weighted by molar-refractivity contribution is -0.115. The average Bonchev–Trinajstić information content (AvgIpc) is 3.25. The monoisotopic (exact) mass is 567 g/mol. The third-order valence-corrected chi connectivity index (χ3v) is 7.89. The van der Waals surface area contributed by atoms with Crippen molar-refractivity contribution in [2.75, 3.05) is 17.3 Å². The third kappa shape index (κ3) is 5.01. The maximum Gasteiger partial charge on any atom is 0.238 e. The number of ether oxygens (including phenoxy) is 2. The minimum Gasteiger partial charge on any atom is -0.490 e. The van der Waals surface area contributed by atoms with E-state index in [1.54, 1.807) is 23.9 Å². The van der Waals surface area contributed by atoms with Crippen LogP contribution >= 0.6 is 39.3 Å². The third-order valence-electron chi connectivity index (χ3n) is 5.84. The highest BCUT2D eigenvalue weighted by atomic mass is 79.9. The molecule has 1 amide bonds. The van der Waals surface area contributed by atoms with E-state index < -0.39 is 0 Å². The standard InChI is InChI=1S/C28H23BrClNO3S/c1-2-33-25-15-20(28-31(26(32)17-35-28)22-12-10-21(30)11-13-22)14-24(29)27(25)34-16-19-8-5-7-18-6-3-4-9-23(18)19/h3-15,28H,2,16-17H2,1H3/t28-/m1/s1. The summed E-state index contributed by atoms with van der Waals surface area (Å²) in [6.07, 6.45) is 0. The molecule has 0 unspecified atom stereocenters. The molecule has 0 radical (unpaired) electrons. The van der Waals surface area contributed by atoms with Crippen LogP contribution in [0.2, 0.25) is 5.02 Å². The Morgan fingerprint density at radius 1 is 1.03 bits per heavy atom. The first-order valence-corrected chi connectivity index (χ1v) is 13.5. The molecule has 35 heavy (non-hydrogen) atoms. The van der Waals surface area contributed by atoms with Crippen molar-refractivity contribution in [3.63, 3.8) is 0 Å². The van der Waals surface area contributed by atoms with Gasteiger partial charge >= 0.3 is 0 Å². The SMILES string of the molecule is CCOc1cc([C@H]2SCC(=O)N2c2ccc(Cl)cc2)cc(Br)c1OCc1cccc2ccccc12. The summed E-state index contributed by atoms with van der Waals surface area (Å²) in [6.45, 7) is 2.86. The van der Waals surface area contributed by atoms with Crippen LogP contribution in [-0.4, -0.2) is 18.3 Å². The molecule has 4 aromatic carbocycles. The van der Waals surface area contributed by atoms with Crippen LogP contribution < -0.4 is 14.4 Å². The maximum absolute atomic E-state index is 12.8. The Bertz CT molecular complexity index is 1370. The Balaban J connectivity index is 1.46. The van der Waals surface area contributed by atoms with E-state index in [4.69, 9.17) is 21.1 Å². The molecule has 1 saturated heterocycles. The normalized spacial score (nSPS) is 15.6. The zero-order valence-corrected chi connectivity index (χ0v) is 22.2. The van der Waals surface area contributed by atoms with Crippen molar-refractivity contribution in [2.45, 2.75) is 18.9 Å².